The summed E-state index contributed by atoms with van der Waals surface area (Å²) in [6, 6.07) is 5.22. The number of carbonyl (C=O) groups excluding carboxylic acids is 1. The summed E-state index contributed by atoms with van der Waals surface area (Å²) in [4.78, 5) is 14.7. The highest BCUT2D eigenvalue weighted by Crippen LogP contribution is 2.31. The second-order valence-electron chi connectivity index (χ2n) is 3.57. The molecule has 1 aromatic carbocycles. The third-order valence-electron chi connectivity index (χ3n) is 2.58. The van der Waals surface area contributed by atoms with Crippen LogP contribution in [0.25, 0.3) is 4.85 Å². The molecule has 0 radical (unpaired) electrons. The zero-order valence-corrected chi connectivity index (χ0v) is 8.90. The van der Waals surface area contributed by atoms with Crippen molar-refractivity contribution in [1.29, 1.82) is 0 Å². The Hall–Kier alpha value is -2.02. The molecule has 0 N–H and O–H groups in total. The molecule has 0 aliphatic carbocycles. The van der Waals surface area contributed by atoms with E-state index in [0.717, 1.165) is 12.0 Å². The molecule has 1 atom stereocenters. The summed E-state index contributed by atoms with van der Waals surface area (Å²) in [5.41, 5.74) is 1.58. The summed E-state index contributed by atoms with van der Waals surface area (Å²) >= 11 is 0. The zero-order chi connectivity index (χ0) is 11.5. The molecule has 82 valence electrons. The van der Waals surface area contributed by atoms with Crippen molar-refractivity contribution < 1.29 is 14.3 Å². The third-order valence-corrected chi connectivity index (χ3v) is 2.58. The van der Waals surface area contributed by atoms with E-state index in [9.17, 15) is 4.79 Å². The number of hydrogen-bond donors (Lipinski definition) is 0. The minimum atomic E-state index is -0.517. The molecule has 0 bridgehead atoms. The highest BCUT2D eigenvalue weighted by Gasteiger charge is 2.26. The number of esters is 1. The van der Waals surface area contributed by atoms with Gasteiger partial charge >= 0.3 is 5.97 Å². The van der Waals surface area contributed by atoms with Crippen LogP contribution in [0.2, 0.25) is 0 Å². The fraction of sp³-hybridized carbons (Fsp3) is 0.333. The van der Waals surface area contributed by atoms with Crippen LogP contribution in [-0.4, -0.2) is 19.2 Å². The average Bonchev–Trinajstić information content (AvgIpc) is 2.36. The van der Waals surface area contributed by atoms with Crippen molar-refractivity contribution in [2.75, 3.05) is 7.11 Å². The molecule has 1 heterocycles. The lowest BCUT2D eigenvalue weighted by Gasteiger charge is -2.24. The van der Waals surface area contributed by atoms with Gasteiger partial charge in [-0.15, -0.1) is 0 Å². The monoisotopic (exact) mass is 217 g/mol. The van der Waals surface area contributed by atoms with Gasteiger partial charge in [0.2, 0.25) is 0 Å². The first-order valence-electron chi connectivity index (χ1n) is 4.99. The van der Waals surface area contributed by atoms with Crippen molar-refractivity contribution in [3.63, 3.8) is 0 Å². The number of nitrogens with zero attached hydrogens (tertiary/aromatic N) is 1. The number of fused-ring (bicyclic) bond motifs is 1. The summed E-state index contributed by atoms with van der Waals surface area (Å²) in [6.45, 7) is 6.91. The molecule has 0 amide bonds. The minimum Gasteiger partial charge on any atom is -0.479 e. The number of ether oxygens (including phenoxy) is 2. The van der Waals surface area contributed by atoms with Gasteiger partial charge < -0.3 is 9.47 Å². The summed E-state index contributed by atoms with van der Waals surface area (Å²) in [7, 11) is 1.35. The topological polar surface area (TPSA) is 39.9 Å². The quantitative estimate of drug-likeness (QED) is 0.534. The SMILES string of the molecule is [C-]#[N+]c1ccc2c(c1)CCC(C(=O)OC)O2. The lowest BCUT2D eigenvalue weighted by Crippen LogP contribution is -2.32. The van der Waals surface area contributed by atoms with E-state index in [1.54, 1.807) is 18.2 Å². The summed E-state index contributed by atoms with van der Waals surface area (Å²) < 4.78 is 10.1. The standard InChI is InChI=1S/C12H11NO3/c1-13-9-4-6-10-8(7-9)3-5-11(16-10)12(14)15-2/h4,6-7,11H,3,5H2,2H3. The molecule has 0 saturated heterocycles. The van der Waals surface area contributed by atoms with Gasteiger partial charge in [-0.3, -0.25) is 0 Å². The summed E-state index contributed by atoms with van der Waals surface area (Å²) in [6.07, 6.45) is 0.816. The van der Waals surface area contributed by atoms with Gasteiger partial charge in [-0.2, -0.15) is 0 Å². The van der Waals surface area contributed by atoms with Crippen molar-refractivity contribution >= 4 is 11.7 Å². The second kappa shape index (κ2) is 4.23. The van der Waals surface area contributed by atoms with Crippen molar-refractivity contribution in [3.8, 4) is 5.75 Å². The molecule has 0 saturated carbocycles. The lowest BCUT2D eigenvalue weighted by molar-refractivity contribution is -0.149. The molecular formula is C12H11NO3. The third kappa shape index (κ3) is 1.84. The fourth-order valence-electron chi connectivity index (χ4n) is 1.74. The Kier molecular flexibility index (Phi) is 2.78. The van der Waals surface area contributed by atoms with Crippen molar-refractivity contribution in [3.05, 3.63) is 35.2 Å². The number of benzene rings is 1. The molecule has 0 aromatic heterocycles. The van der Waals surface area contributed by atoms with E-state index in [0.29, 0.717) is 17.9 Å². The van der Waals surface area contributed by atoms with Crippen LogP contribution < -0.4 is 4.74 Å². The molecule has 4 nitrogen and oxygen atoms in total. The maximum Gasteiger partial charge on any atom is 0.347 e. The number of aryl methyl sites for hydroxylation is 1. The van der Waals surface area contributed by atoms with Crippen LogP contribution in [-0.2, 0) is 16.0 Å². The molecule has 4 heteroatoms. The van der Waals surface area contributed by atoms with Gasteiger partial charge in [0.05, 0.1) is 13.7 Å². The maximum atomic E-state index is 11.3. The van der Waals surface area contributed by atoms with Gasteiger partial charge in [0.1, 0.15) is 5.75 Å². The van der Waals surface area contributed by atoms with Gasteiger partial charge in [-0.05, 0) is 30.5 Å². The van der Waals surface area contributed by atoms with Gasteiger partial charge in [0.15, 0.2) is 11.8 Å². The van der Waals surface area contributed by atoms with Gasteiger partial charge in [0, 0.05) is 0 Å². The van der Waals surface area contributed by atoms with E-state index in [1.807, 2.05) is 0 Å². The molecule has 2 rings (SSSR count). The van der Waals surface area contributed by atoms with Crippen molar-refractivity contribution in [2.45, 2.75) is 18.9 Å². The Morgan fingerprint density at radius 3 is 3.12 bits per heavy atom. The highest BCUT2D eigenvalue weighted by molar-refractivity contribution is 5.75. The molecule has 1 aromatic rings. The van der Waals surface area contributed by atoms with E-state index in [-0.39, 0.29) is 5.97 Å². The van der Waals surface area contributed by atoms with Crippen LogP contribution in [0.15, 0.2) is 18.2 Å². The smallest absolute Gasteiger partial charge is 0.347 e. The van der Waals surface area contributed by atoms with E-state index < -0.39 is 6.10 Å². The Morgan fingerprint density at radius 1 is 1.62 bits per heavy atom. The Bertz CT molecular complexity index is 462. The van der Waals surface area contributed by atoms with Crippen LogP contribution in [0, 0.1) is 6.57 Å². The largest absolute Gasteiger partial charge is 0.479 e. The van der Waals surface area contributed by atoms with Crippen LogP contribution in [0.5, 0.6) is 5.75 Å². The van der Waals surface area contributed by atoms with E-state index >= 15 is 0 Å². The Morgan fingerprint density at radius 2 is 2.44 bits per heavy atom. The van der Waals surface area contributed by atoms with Gasteiger partial charge in [0.25, 0.3) is 0 Å². The minimum absolute atomic E-state index is 0.347. The number of hydrogen-bond acceptors (Lipinski definition) is 3. The van der Waals surface area contributed by atoms with Crippen LogP contribution in [0.3, 0.4) is 0 Å². The number of methoxy groups -OCH3 is 1. The molecule has 1 aliphatic heterocycles. The molecular weight excluding hydrogens is 206 g/mol. The van der Waals surface area contributed by atoms with Crippen LogP contribution in [0.4, 0.5) is 5.69 Å². The van der Waals surface area contributed by atoms with Crippen LogP contribution >= 0.6 is 0 Å². The highest BCUT2D eigenvalue weighted by atomic mass is 16.6. The zero-order valence-electron chi connectivity index (χ0n) is 8.90. The fourth-order valence-corrected chi connectivity index (χ4v) is 1.74. The van der Waals surface area contributed by atoms with Crippen molar-refractivity contribution in [1.82, 2.24) is 0 Å². The lowest BCUT2D eigenvalue weighted by atomic mass is 10.0. The second-order valence-corrected chi connectivity index (χ2v) is 3.57. The van der Waals surface area contributed by atoms with Gasteiger partial charge in [-0.1, -0.05) is 6.07 Å². The molecule has 16 heavy (non-hydrogen) atoms. The van der Waals surface area contributed by atoms with Gasteiger partial charge in [-0.25, -0.2) is 9.64 Å². The first kappa shape index (κ1) is 10.5. The molecule has 1 aliphatic rings. The normalized spacial score (nSPS) is 17.9. The van der Waals surface area contributed by atoms with Crippen LogP contribution in [0.1, 0.15) is 12.0 Å². The Balaban J connectivity index is 2.23. The predicted molar refractivity (Wildman–Crippen MR) is 57.5 cm³/mol. The Labute approximate surface area is 93.6 Å². The molecule has 0 spiro atoms. The summed E-state index contributed by atoms with van der Waals surface area (Å²) in [5.74, 6) is 0.328. The molecule has 1 unspecified atom stereocenters. The first-order chi connectivity index (χ1) is 7.74. The number of rotatable bonds is 1. The van der Waals surface area contributed by atoms with E-state index in [4.69, 9.17) is 11.3 Å². The average molecular weight is 217 g/mol. The predicted octanol–water partition coefficient (Wildman–Crippen LogP) is 2.10. The molecule has 0 fully saturated rings. The summed E-state index contributed by atoms with van der Waals surface area (Å²) in [5, 5.41) is 0. The maximum absolute atomic E-state index is 11.3. The number of carbonyl (C=O) groups is 1. The van der Waals surface area contributed by atoms with E-state index in [2.05, 4.69) is 9.58 Å². The van der Waals surface area contributed by atoms with E-state index in [1.165, 1.54) is 7.11 Å². The first-order valence-corrected chi connectivity index (χ1v) is 4.99. The van der Waals surface area contributed by atoms with Crippen molar-refractivity contribution in [2.24, 2.45) is 0 Å².